The Hall–Kier alpha value is -2.22. The molecule has 1 saturated carbocycles. The van der Waals surface area contributed by atoms with E-state index in [0.29, 0.717) is 23.6 Å². The van der Waals surface area contributed by atoms with Crippen molar-refractivity contribution < 1.29 is 17.5 Å². The summed E-state index contributed by atoms with van der Waals surface area (Å²) >= 11 is 5.89. The van der Waals surface area contributed by atoms with Crippen LogP contribution in [0.5, 0.6) is 0 Å². The SMILES string of the molecule is O=S(=O)(Nc1ccc(Cl)cc1)C1COC12CCC(c1ccnc3ccc(F)cc13)CC2. The predicted octanol–water partition coefficient (Wildman–Crippen LogP) is 5.26. The summed E-state index contributed by atoms with van der Waals surface area (Å²) in [5.74, 6) is -0.0644. The van der Waals surface area contributed by atoms with Crippen molar-refractivity contribution in [2.45, 2.75) is 42.5 Å². The van der Waals surface area contributed by atoms with Gasteiger partial charge in [0.05, 0.1) is 17.7 Å². The Morgan fingerprint density at radius 2 is 1.84 bits per heavy atom. The van der Waals surface area contributed by atoms with Crippen molar-refractivity contribution in [2.24, 2.45) is 0 Å². The number of benzene rings is 2. The van der Waals surface area contributed by atoms with Gasteiger partial charge in [0.15, 0.2) is 0 Å². The van der Waals surface area contributed by atoms with Gasteiger partial charge < -0.3 is 4.74 Å². The summed E-state index contributed by atoms with van der Waals surface area (Å²) in [4.78, 5) is 4.34. The number of hydrogen-bond acceptors (Lipinski definition) is 4. The van der Waals surface area contributed by atoms with Gasteiger partial charge in [0.25, 0.3) is 0 Å². The highest BCUT2D eigenvalue weighted by Crippen LogP contribution is 2.49. The molecule has 2 fully saturated rings. The highest BCUT2D eigenvalue weighted by Gasteiger charge is 2.56. The molecule has 2 heterocycles. The number of aromatic nitrogens is 1. The fourth-order valence-corrected chi connectivity index (χ4v) is 6.74. The lowest BCUT2D eigenvalue weighted by Gasteiger charge is -2.52. The lowest BCUT2D eigenvalue weighted by molar-refractivity contribution is -0.160. The highest BCUT2D eigenvalue weighted by molar-refractivity contribution is 7.93. The fraction of sp³-hybridized carbons (Fsp3) is 0.348. The van der Waals surface area contributed by atoms with E-state index in [2.05, 4.69) is 9.71 Å². The number of ether oxygens (including phenoxy) is 1. The third-order valence-corrected chi connectivity index (χ3v) is 8.68. The van der Waals surface area contributed by atoms with E-state index in [0.717, 1.165) is 29.3 Å². The van der Waals surface area contributed by atoms with Crippen LogP contribution in [0.3, 0.4) is 0 Å². The molecule has 1 aliphatic carbocycles. The summed E-state index contributed by atoms with van der Waals surface area (Å²) in [7, 11) is -3.60. The van der Waals surface area contributed by atoms with Gasteiger partial charge in [0.2, 0.25) is 10.0 Å². The van der Waals surface area contributed by atoms with E-state index in [-0.39, 0.29) is 18.3 Å². The van der Waals surface area contributed by atoms with Crippen LogP contribution in [0.4, 0.5) is 10.1 Å². The quantitative estimate of drug-likeness (QED) is 0.576. The van der Waals surface area contributed by atoms with E-state index >= 15 is 0 Å². The van der Waals surface area contributed by atoms with E-state index < -0.39 is 20.9 Å². The maximum absolute atomic E-state index is 13.8. The molecule has 1 unspecified atom stereocenters. The first kappa shape index (κ1) is 20.7. The van der Waals surface area contributed by atoms with Gasteiger partial charge >= 0.3 is 0 Å². The van der Waals surface area contributed by atoms with Crippen LogP contribution in [0.1, 0.15) is 37.2 Å². The van der Waals surface area contributed by atoms with E-state index in [1.54, 1.807) is 36.5 Å². The van der Waals surface area contributed by atoms with E-state index in [1.165, 1.54) is 12.1 Å². The molecule has 1 saturated heterocycles. The summed E-state index contributed by atoms with van der Waals surface area (Å²) in [6.07, 6.45) is 4.60. The molecule has 2 aromatic carbocycles. The van der Waals surface area contributed by atoms with Crippen LogP contribution in [0, 0.1) is 5.82 Å². The largest absolute Gasteiger partial charge is 0.372 e. The molecule has 2 aliphatic rings. The smallest absolute Gasteiger partial charge is 0.240 e. The monoisotopic (exact) mass is 460 g/mol. The van der Waals surface area contributed by atoms with Crippen molar-refractivity contribution in [1.82, 2.24) is 4.98 Å². The third-order valence-electron chi connectivity index (χ3n) is 6.60. The number of nitrogens with one attached hydrogen (secondary N) is 1. The molecule has 1 aliphatic heterocycles. The van der Waals surface area contributed by atoms with Crippen molar-refractivity contribution >= 4 is 38.2 Å². The molecule has 31 heavy (non-hydrogen) atoms. The average Bonchev–Trinajstić information content (AvgIpc) is 2.74. The van der Waals surface area contributed by atoms with Gasteiger partial charge in [-0.3, -0.25) is 9.71 Å². The molecule has 1 spiro atoms. The number of sulfonamides is 1. The van der Waals surface area contributed by atoms with E-state index in [9.17, 15) is 12.8 Å². The molecule has 1 atom stereocenters. The first-order chi connectivity index (χ1) is 14.9. The first-order valence-electron chi connectivity index (χ1n) is 10.3. The number of fused-ring (bicyclic) bond motifs is 1. The lowest BCUT2D eigenvalue weighted by Crippen LogP contribution is -2.63. The van der Waals surface area contributed by atoms with Gasteiger partial charge in [0.1, 0.15) is 11.1 Å². The molecular formula is C23H22ClFN2O3S. The maximum Gasteiger partial charge on any atom is 0.240 e. The molecule has 5 rings (SSSR count). The Labute approximate surface area is 185 Å². The van der Waals surface area contributed by atoms with Crippen molar-refractivity contribution in [3.8, 4) is 0 Å². The first-order valence-corrected chi connectivity index (χ1v) is 12.2. The number of halogens is 2. The zero-order valence-corrected chi connectivity index (χ0v) is 18.3. The molecule has 162 valence electrons. The number of pyridine rings is 1. The van der Waals surface area contributed by atoms with Crippen molar-refractivity contribution in [3.05, 3.63) is 71.1 Å². The number of hydrogen-bond donors (Lipinski definition) is 1. The molecule has 5 nitrogen and oxygen atoms in total. The Kier molecular flexibility index (Phi) is 5.15. The normalized spacial score (nSPS) is 26.0. The van der Waals surface area contributed by atoms with Crippen LogP contribution in [0.25, 0.3) is 10.9 Å². The zero-order valence-electron chi connectivity index (χ0n) is 16.7. The van der Waals surface area contributed by atoms with Crippen LogP contribution in [0.2, 0.25) is 5.02 Å². The maximum atomic E-state index is 13.8. The second kappa shape index (κ2) is 7.73. The van der Waals surface area contributed by atoms with E-state index in [4.69, 9.17) is 16.3 Å². The molecule has 0 radical (unpaired) electrons. The van der Waals surface area contributed by atoms with Crippen LogP contribution in [0.15, 0.2) is 54.7 Å². The Morgan fingerprint density at radius 1 is 1.10 bits per heavy atom. The molecule has 1 N–H and O–H groups in total. The minimum Gasteiger partial charge on any atom is -0.372 e. The van der Waals surface area contributed by atoms with E-state index in [1.807, 2.05) is 6.07 Å². The Morgan fingerprint density at radius 3 is 2.52 bits per heavy atom. The Bertz CT molecular complexity index is 1230. The van der Waals surface area contributed by atoms with Gasteiger partial charge in [-0.05, 0) is 85.7 Å². The van der Waals surface area contributed by atoms with Gasteiger partial charge in [-0.2, -0.15) is 0 Å². The van der Waals surface area contributed by atoms with Crippen molar-refractivity contribution in [2.75, 3.05) is 11.3 Å². The summed E-state index contributed by atoms with van der Waals surface area (Å²) in [6, 6.07) is 13.2. The van der Waals surface area contributed by atoms with Crippen LogP contribution in [-0.4, -0.2) is 30.9 Å². The van der Waals surface area contributed by atoms with Crippen LogP contribution in [-0.2, 0) is 14.8 Å². The number of anilines is 1. The van der Waals surface area contributed by atoms with Crippen molar-refractivity contribution in [1.29, 1.82) is 0 Å². The van der Waals surface area contributed by atoms with Gasteiger partial charge in [-0.15, -0.1) is 0 Å². The molecule has 0 bridgehead atoms. The lowest BCUT2D eigenvalue weighted by atomic mass is 9.72. The molecular weight excluding hydrogens is 439 g/mol. The topological polar surface area (TPSA) is 68.3 Å². The molecule has 0 amide bonds. The van der Waals surface area contributed by atoms with Crippen molar-refractivity contribution in [3.63, 3.8) is 0 Å². The summed E-state index contributed by atoms with van der Waals surface area (Å²) in [5.41, 5.74) is 1.66. The van der Waals surface area contributed by atoms with Gasteiger partial charge in [-0.1, -0.05) is 11.6 Å². The van der Waals surface area contributed by atoms with Gasteiger partial charge in [-0.25, -0.2) is 12.8 Å². The predicted molar refractivity (Wildman–Crippen MR) is 119 cm³/mol. The second-order valence-corrected chi connectivity index (χ2v) is 10.7. The number of nitrogens with zero attached hydrogens (tertiary/aromatic N) is 1. The standard InChI is InChI=1S/C23H22ClFN2O3S/c24-16-1-4-18(5-2-16)27-31(28,29)22-14-30-23(22)10-7-15(8-11-23)19-9-12-26-21-6-3-17(25)13-20(19)21/h1-6,9,12-13,15,22,27H,7-8,10-11,14H2. The summed E-state index contributed by atoms with van der Waals surface area (Å²) < 4.78 is 48.5. The summed E-state index contributed by atoms with van der Waals surface area (Å²) in [5, 5.41) is 0.781. The molecule has 8 heteroatoms. The number of rotatable bonds is 4. The second-order valence-electron chi connectivity index (χ2n) is 8.35. The van der Waals surface area contributed by atoms with Gasteiger partial charge in [0, 0.05) is 22.3 Å². The third kappa shape index (κ3) is 3.79. The molecule has 1 aromatic heterocycles. The average molecular weight is 461 g/mol. The minimum atomic E-state index is -3.60. The fourth-order valence-electron chi connectivity index (χ4n) is 4.89. The summed E-state index contributed by atoms with van der Waals surface area (Å²) in [6.45, 7) is 0.191. The Balaban J connectivity index is 1.33. The van der Waals surface area contributed by atoms with Crippen LogP contribution >= 0.6 is 11.6 Å². The molecule has 3 aromatic rings. The highest BCUT2D eigenvalue weighted by atomic mass is 35.5. The zero-order chi connectivity index (χ0) is 21.6. The van der Waals surface area contributed by atoms with Crippen LogP contribution < -0.4 is 4.72 Å². The minimum absolute atomic E-state index is 0.191.